The van der Waals surface area contributed by atoms with E-state index in [-0.39, 0.29) is 24.8 Å². The fourth-order valence-corrected chi connectivity index (χ4v) is 5.24. The van der Waals surface area contributed by atoms with Gasteiger partial charge in [-0.05, 0) is 59.3 Å². The molecule has 0 aromatic heterocycles. The Morgan fingerprint density at radius 1 is 0.946 bits per heavy atom. The number of benzene rings is 3. The molecule has 5 rings (SSSR count). The number of methoxy groups -OCH3 is 1. The summed E-state index contributed by atoms with van der Waals surface area (Å²) < 4.78 is 22.0. The van der Waals surface area contributed by atoms with E-state index in [1.807, 2.05) is 0 Å². The van der Waals surface area contributed by atoms with Gasteiger partial charge in [0.15, 0.2) is 23.0 Å². The summed E-state index contributed by atoms with van der Waals surface area (Å²) in [5, 5.41) is 1.03. The number of rotatable bonds is 7. The summed E-state index contributed by atoms with van der Waals surface area (Å²) in [6, 6.07) is 13.7. The van der Waals surface area contributed by atoms with E-state index in [0.717, 1.165) is 22.2 Å². The van der Waals surface area contributed by atoms with E-state index in [1.54, 1.807) is 54.6 Å². The molecule has 0 N–H and O–H groups in total. The van der Waals surface area contributed by atoms with Crippen molar-refractivity contribution in [3.8, 4) is 23.0 Å². The molecule has 0 radical (unpaired) electrons. The van der Waals surface area contributed by atoms with Crippen LogP contribution >= 0.6 is 46.6 Å². The molecule has 7 nitrogen and oxygen atoms in total. The number of carbonyl (C=O) groups is 2. The number of fused-ring (bicyclic) bond motifs is 1. The molecule has 0 saturated carbocycles. The van der Waals surface area contributed by atoms with Crippen LogP contribution in [-0.4, -0.2) is 29.9 Å². The molecule has 0 atom stereocenters. The van der Waals surface area contributed by atoms with Crippen LogP contribution in [0.1, 0.15) is 16.7 Å². The summed E-state index contributed by atoms with van der Waals surface area (Å²) in [7, 11) is 1.52. The van der Waals surface area contributed by atoms with Crippen molar-refractivity contribution in [3.63, 3.8) is 0 Å². The highest BCUT2D eigenvalue weighted by atomic mass is 35.5. The van der Waals surface area contributed by atoms with Crippen LogP contribution in [0.2, 0.25) is 15.1 Å². The van der Waals surface area contributed by atoms with Crippen molar-refractivity contribution in [3.05, 3.63) is 85.2 Å². The minimum Gasteiger partial charge on any atom is -0.493 e. The van der Waals surface area contributed by atoms with Crippen LogP contribution in [0.15, 0.2) is 53.4 Å². The van der Waals surface area contributed by atoms with Crippen molar-refractivity contribution in [2.45, 2.75) is 13.2 Å². The molecular weight excluding hydrogens is 561 g/mol. The molecule has 37 heavy (non-hydrogen) atoms. The first-order valence-electron chi connectivity index (χ1n) is 10.9. The van der Waals surface area contributed by atoms with Crippen molar-refractivity contribution in [1.29, 1.82) is 0 Å². The summed E-state index contributed by atoms with van der Waals surface area (Å²) in [4.78, 5) is 27.1. The van der Waals surface area contributed by atoms with Gasteiger partial charge < -0.3 is 18.9 Å². The first kappa shape index (κ1) is 25.6. The van der Waals surface area contributed by atoms with E-state index in [9.17, 15) is 9.59 Å². The lowest BCUT2D eigenvalue weighted by molar-refractivity contribution is -0.123. The zero-order valence-electron chi connectivity index (χ0n) is 19.3. The first-order valence-corrected chi connectivity index (χ1v) is 12.9. The van der Waals surface area contributed by atoms with Gasteiger partial charge in [-0.25, -0.2) is 0 Å². The molecule has 3 aromatic rings. The van der Waals surface area contributed by atoms with Gasteiger partial charge in [0.2, 0.25) is 6.79 Å². The highest BCUT2D eigenvalue weighted by Gasteiger charge is 2.35. The summed E-state index contributed by atoms with van der Waals surface area (Å²) in [5.74, 6) is 1.59. The molecule has 0 aliphatic carbocycles. The standard InChI is InChI=1S/C26H18Cl3NO6S/c1-33-21-6-14(2-5-20(21)34-12-15-3-4-17(27)9-18(15)28)7-24-25(31)30(26(32)37-24)11-16-8-22-23(10-19(16)29)36-13-35-22/h2-10H,11-13H2,1H3/b24-7-. The Balaban J connectivity index is 1.31. The minimum atomic E-state index is -0.416. The molecule has 0 spiro atoms. The quantitative estimate of drug-likeness (QED) is 0.275. The largest absolute Gasteiger partial charge is 0.493 e. The van der Waals surface area contributed by atoms with Gasteiger partial charge in [0, 0.05) is 26.7 Å². The van der Waals surface area contributed by atoms with Crippen molar-refractivity contribution in [2.24, 2.45) is 0 Å². The Morgan fingerprint density at radius 2 is 1.70 bits per heavy atom. The third kappa shape index (κ3) is 5.48. The number of imide groups is 1. The Hall–Kier alpha value is -3.04. The molecule has 0 unspecified atom stereocenters. The average molecular weight is 579 g/mol. The molecule has 1 fully saturated rings. The molecule has 11 heteroatoms. The fraction of sp³-hybridized carbons (Fsp3) is 0.154. The molecule has 2 heterocycles. The lowest BCUT2D eigenvalue weighted by Crippen LogP contribution is -2.27. The number of nitrogens with zero attached hydrogens (tertiary/aromatic N) is 1. The fourth-order valence-electron chi connectivity index (χ4n) is 3.73. The molecule has 1 saturated heterocycles. The van der Waals surface area contributed by atoms with Gasteiger partial charge in [-0.2, -0.15) is 0 Å². The molecule has 2 amide bonds. The van der Waals surface area contributed by atoms with E-state index in [0.29, 0.717) is 49.2 Å². The number of thioether (sulfide) groups is 1. The second-order valence-electron chi connectivity index (χ2n) is 8.00. The minimum absolute atomic E-state index is 0.0147. The van der Waals surface area contributed by atoms with Crippen LogP contribution in [-0.2, 0) is 17.9 Å². The number of hydrogen-bond donors (Lipinski definition) is 0. The van der Waals surface area contributed by atoms with Crippen LogP contribution in [0, 0.1) is 0 Å². The van der Waals surface area contributed by atoms with Gasteiger partial charge in [-0.1, -0.05) is 46.9 Å². The number of ether oxygens (including phenoxy) is 4. The van der Waals surface area contributed by atoms with Gasteiger partial charge in [0.1, 0.15) is 6.61 Å². The van der Waals surface area contributed by atoms with Crippen molar-refractivity contribution in [2.75, 3.05) is 13.9 Å². The highest BCUT2D eigenvalue weighted by Crippen LogP contribution is 2.40. The summed E-state index contributed by atoms with van der Waals surface area (Å²) in [5.41, 5.74) is 2.02. The van der Waals surface area contributed by atoms with E-state index < -0.39 is 11.1 Å². The van der Waals surface area contributed by atoms with Gasteiger partial charge in [0.05, 0.1) is 18.6 Å². The lowest BCUT2D eigenvalue weighted by Gasteiger charge is -2.14. The van der Waals surface area contributed by atoms with Crippen LogP contribution in [0.25, 0.3) is 6.08 Å². The molecule has 3 aromatic carbocycles. The molecule has 190 valence electrons. The van der Waals surface area contributed by atoms with Crippen molar-refractivity contribution < 1.29 is 28.5 Å². The number of halogens is 3. The van der Waals surface area contributed by atoms with Crippen molar-refractivity contribution >= 4 is 63.8 Å². The maximum absolute atomic E-state index is 13.0. The van der Waals surface area contributed by atoms with Gasteiger partial charge in [-0.15, -0.1) is 0 Å². The Morgan fingerprint density at radius 3 is 2.46 bits per heavy atom. The predicted octanol–water partition coefficient (Wildman–Crippen LogP) is 7.20. The zero-order chi connectivity index (χ0) is 26.1. The topological polar surface area (TPSA) is 74.3 Å². The van der Waals surface area contributed by atoms with Crippen LogP contribution in [0.5, 0.6) is 23.0 Å². The first-order chi connectivity index (χ1) is 17.8. The van der Waals surface area contributed by atoms with E-state index in [1.165, 1.54) is 7.11 Å². The summed E-state index contributed by atoms with van der Waals surface area (Å²) in [6.07, 6.45) is 1.63. The third-order valence-corrected chi connectivity index (χ3v) is 7.47. The van der Waals surface area contributed by atoms with E-state index >= 15 is 0 Å². The molecule has 0 bridgehead atoms. The third-order valence-electron chi connectivity index (χ3n) is 5.63. The molecule has 2 aliphatic rings. The van der Waals surface area contributed by atoms with Crippen molar-refractivity contribution in [1.82, 2.24) is 4.90 Å². The normalized spacial score (nSPS) is 15.6. The van der Waals surface area contributed by atoms with Crippen LogP contribution in [0.4, 0.5) is 4.79 Å². The predicted molar refractivity (Wildman–Crippen MR) is 143 cm³/mol. The van der Waals surface area contributed by atoms with E-state index in [2.05, 4.69) is 0 Å². The lowest BCUT2D eigenvalue weighted by atomic mass is 10.1. The second-order valence-corrected chi connectivity index (χ2v) is 10.2. The number of amides is 2. The van der Waals surface area contributed by atoms with E-state index in [4.69, 9.17) is 53.8 Å². The Bertz CT molecular complexity index is 1440. The smallest absolute Gasteiger partial charge is 0.293 e. The SMILES string of the molecule is COc1cc(/C=C2\SC(=O)N(Cc3cc4c(cc3Cl)OCO4)C2=O)ccc1OCc1ccc(Cl)cc1Cl. The van der Waals surface area contributed by atoms with Gasteiger partial charge in [0.25, 0.3) is 11.1 Å². The number of hydrogen-bond acceptors (Lipinski definition) is 7. The van der Waals surface area contributed by atoms with Gasteiger partial charge >= 0.3 is 0 Å². The van der Waals surface area contributed by atoms with Crippen LogP contribution < -0.4 is 18.9 Å². The molecule has 2 aliphatic heterocycles. The van der Waals surface area contributed by atoms with Crippen LogP contribution in [0.3, 0.4) is 0 Å². The summed E-state index contributed by atoms with van der Waals surface area (Å²) >= 11 is 19.4. The Kier molecular flexibility index (Phi) is 7.44. The Labute approximate surface area is 231 Å². The monoisotopic (exact) mass is 577 g/mol. The zero-order valence-corrected chi connectivity index (χ0v) is 22.3. The number of carbonyl (C=O) groups excluding carboxylic acids is 2. The second kappa shape index (κ2) is 10.8. The van der Waals surface area contributed by atoms with Gasteiger partial charge in [-0.3, -0.25) is 14.5 Å². The maximum atomic E-state index is 13.0. The maximum Gasteiger partial charge on any atom is 0.293 e. The molecular formula is C26H18Cl3NO6S. The highest BCUT2D eigenvalue weighted by molar-refractivity contribution is 8.18. The average Bonchev–Trinajstić information content (AvgIpc) is 3.43. The summed E-state index contributed by atoms with van der Waals surface area (Å²) in [6.45, 7) is 0.329.